The molecule has 3 aromatic carbocycles. The number of methoxy groups -OCH3 is 3. The molecule has 43 heavy (non-hydrogen) atoms. The Morgan fingerprint density at radius 3 is 2.28 bits per heavy atom. The predicted molar refractivity (Wildman–Crippen MR) is 167 cm³/mol. The van der Waals surface area contributed by atoms with Gasteiger partial charge in [-0.2, -0.15) is 0 Å². The summed E-state index contributed by atoms with van der Waals surface area (Å²) in [6, 6.07) is 16.5. The van der Waals surface area contributed by atoms with Gasteiger partial charge < -0.3 is 24.8 Å². The highest BCUT2D eigenvalue weighted by Crippen LogP contribution is 2.40. The van der Waals surface area contributed by atoms with Crippen LogP contribution in [0.15, 0.2) is 65.7 Å². The second-order valence-corrected chi connectivity index (χ2v) is 12.0. The van der Waals surface area contributed by atoms with Gasteiger partial charge in [-0.05, 0) is 43.2 Å². The molecule has 5 aromatic rings. The highest BCUT2D eigenvalue weighted by Gasteiger charge is 2.17. The number of imidazole rings is 1. The van der Waals surface area contributed by atoms with Crippen LogP contribution in [0.1, 0.15) is 25.1 Å². The van der Waals surface area contributed by atoms with E-state index in [1.165, 1.54) is 0 Å². The Labute approximate surface area is 250 Å². The van der Waals surface area contributed by atoms with Crippen LogP contribution in [0, 0.1) is 6.92 Å². The maximum Gasteiger partial charge on any atom is 0.245 e. The molecule has 11 nitrogen and oxygen atoms in total. The first-order valence-corrected chi connectivity index (χ1v) is 15.4. The van der Waals surface area contributed by atoms with Crippen LogP contribution in [0.2, 0.25) is 0 Å². The fraction of sp³-hybridized carbons (Fsp3) is 0.258. The van der Waals surface area contributed by atoms with Crippen molar-refractivity contribution < 1.29 is 22.6 Å². The lowest BCUT2D eigenvalue weighted by Crippen LogP contribution is -2.05. The minimum absolute atomic E-state index is 0.0396. The summed E-state index contributed by atoms with van der Waals surface area (Å²) in [6.07, 6.45) is 2.46. The number of hydrogen-bond acceptors (Lipinski definition) is 10. The summed E-state index contributed by atoms with van der Waals surface area (Å²) in [5, 5.41) is 11.4. The molecule has 0 aliphatic rings. The molecule has 12 heteroatoms. The number of fused-ring (bicyclic) bond motifs is 1. The molecule has 0 fully saturated rings. The van der Waals surface area contributed by atoms with Crippen LogP contribution in [0.25, 0.3) is 16.9 Å². The SMILES string of the molecule is CCc1ccc(S(=O)(=O)CC)cc1Nc1cccc(-c2nc(C)c3cnc(Nc4cc(OC)c(OC)c(OC)c4)nn23)c1. The maximum absolute atomic E-state index is 12.5. The molecule has 0 spiro atoms. The first-order chi connectivity index (χ1) is 20.7. The molecule has 224 valence electrons. The molecule has 0 saturated heterocycles. The van der Waals surface area contributed by atoms with Crippen molar-refractivity contribution in [1.82, 2.24) is 19.6 Å². The Hall–Kier alpha value is -4.84. The summed E-state index contributed by atoms with van der Waals surface area (Å²) >= 11 is 0. The molecule has 2 heterocycles. The van der Waals surface area contributed by atoms with Gasteiger partial charge in [-0.3, -0.25) is 0 Å². The lowest BCUT2D eigenvalue weighted by atomic mass is 10.1. The van der Waals surface area contributed by atoms with E-state index < -0.39 is 9.84 Å². The van der Waals surface area contributed by atoms with Crippen molar-refractivity contribution in [3.63, 3.8) is 0 Å². The van der Waals surface area contributed by atoms with Gasteiger partial charge in [-0.1, -0.05) is 32.0 Å². The first-order valence-electron chi connectivity index (χ1n) is 13.7. The van der Waals surface area contributed by atoms with Gasteiger partial charge >= 0.3 is 0 Å². The van der Waals surface area contributed by atoms with Gasteiger partial charge in [0.25, 0.3) is 0 Å². The van der Waals surface area contributed by atoms with E-state index >= 15 is 0 Å². The van der Waals surface area contributed by atoms with E-state index in [4.69, 9.17) is 24.3 Å². The van der Waals surface area contributed by atoms with Crippen LogP contribution in [0.3, 0.4) is 0 Å². The molecular formula is C31H34N6O5S. The van der Waals surface area contributed by atoms with Crippen molar-refractivity contribution >= 4 is 38.4 Å². The van der Waals surface area contributed by atoms with Gasteiger partial charge in [0.1, 0.15) is 5.52 Å². The smallest absolute Gasteiger partial charge is 0.245 e. The number of hydrogen-bond donors (Lipinski definition) is 2. The van der Waals surface area contributed by atoms with E-state index in [1.807, 2.05) is 44.2 Å². The van der Waals surface area contributed by atoms with E-state index in [0.29, 0.717) is 39.6 Å². The molecule has 0 aliphatic heterocycles. The molecule has 0 aliphatic carbocycles. The lowest BCUT2D eigenvalue weighted by molar-refractivity contribution is 0.324. The average molecular weight is 603 g/mol. The molecule has 0 radical (unpaired) electrons. The van der Waals surface area contributed by atoms with Crippen molar-refractivity contribution in [2.24, 2.45) is 0 Å². The Morgan fingerprint density at radius 1 is 0.884 bits per heavy atom. The summed E-state index contributed by atoms with van der Waals surface area (Å²) in [6.45, 7) is 5.59. The van der Waals surface area contributed by atoms with E-state index in [-0.39, 0.29) is 5.75 Å². The van der Waals surface area contributed by atoms with E-state index in [2.05, 4.69) is 15.6 Å². The first kappa shape index (κ1) is 29.6. The number of sulfone groups is 1. The average Bonchev–Trinajstić information content (AvgIpc) is 3.35. The van der Waals surface area contributed by atoms with Gasteiger partial charge in [-0.25, -0.2) is 22.9 Å². The number of ether oxygens (including phenoxy) is 3. The summed E-state index contributed by atoms with van der Waals surface area (Å²) in [5.74, 6) is 2.49. The van der Waals surface area contributed by atoms with E-state index in [1.54, 1.807) is 63.2 Å². The minimum atomic E-state index is -3.34. The quantitative estimate of drug-likeness (QED) is 0.187. The van der Waals surface area contributed by atoms with Crippen molar-refractivity contribution in [3.05, 3.63) is 72.1 Å². The van der Waals surface area contributed by atoms with Gasteiger partial charge in [0.2, 0.25) is 11.7 Å². The number of aryl methyl sites for hydroxylation is 2. The van der Waals surface area contributed by atoms with Crippen molar-refractivity contribution in [3.8, 4) is 28.6 Å². The van der Waals surface area contributed by atoms with Crippen LogP contribution in [0.4, 0.5) is 23.0 Å². The minimum Gasteiger partial charge on any atom is -0.493 e. The van der Waals surface area contributed by atoms with Gasteiger partial charge in [0.15, 0.2) is 27.2 Å². The van der Waals surface area contributed by atoms with E-state index in [9.17, 15) is 8.42 Å². The zero-order valence-electron chi connectivity index (χ0n) is 24.9. The zero-order valence-corrected chi connectivity index (χ0v) is 25.7. The number of benzene rings is 3. The molecule has 0 amide bonds. The Bertz CT molecular complexity index is 1880. The van der Waals surface area contributed by atoms with Crippen LogP contribution >= 0.6 is 0 Å². The standard InChI is InChI=1S/C31H34N6O5S/c1-7-20-12-13-24(43(38,39)8-2)17-25(20)34-22-11-9-10-21(14-22)30-33-19(3)26-18-32-31(36-37(26)30)35-23-15-27(40-4)29(42-6)28(16-23)41-5/h9-18,34H,7-8H2,1-6H3,(H,35,36). The third kappa shape index (κ3) is 5.91. The second kappa shape index (κ2) is 12.2. The number of anilines is 4. The molecule has 0 saturated carbocycles. The van der Waals surface area contributed by atoms with E-state index in [0.717, 1.165) is 40.1 Å². The summed E-state index contributed by atoms with van der Waals surface area (Å²) < 4.78 is 43.2. The molecule has 0 unspecified atom stereocenters. The van der Waals surface area contributed by atoms with Crippen LogP contribution in [-0.4, -0.2) is 55.1 Å². The molecular weight excluding hydrogens is 568 g/mol. The number of aromatic nitrogens is 4. The summed E-state index contributed by atoms with van der Waals surface area (Å²) in [7, 11) is 1.32. The Balaban J connectivity index is 1.50. The summed E-state index contributed by atoms with van der Waals surface area (Å²) in [4.78, 5) is 9.58. The van der Waals surface area contributed by atoms with Gasteiger partial charge in [0.05, 0.1) is 43.9 Å². The second-order valence-electron chi connectivity index (χ2n) is 9.72. The molecule has 0 bridgehead atoms. The zero-order chi connectivity index (χ0) is 30.7. The molecule has 2 aromatic heterocycles. The largest absolute Gasteiger partial charge is 0.493 e. The molecule has 0 atom stereocenters. The van der Waals surface area contributed by atoms with Crippen LogP contribution in [-0.2, 0) is 16.3 Å². The summed E-state index contributed by atoms with van der Waals surface area (Å²) in [5.41, 5.74) is 5.55. The number of rotatable bonds is 11. The topological polar surface area (TPSA) is 129 Å². The van der Waals surface area contributed by atoms with Crippen LogP contribution < -0.4 is 24.8 Å². The molecule has 2 N–H and O–H groups in total. The third-order valence-electron chi connectivity index (χ3n) is 7.10. The predicted octanol–water partition coefficient (Wildman–Crippen LogP) is 5.97. The molecule has 5 rings (SSSR count). The Kier molecular flexibility index (Phi) is 8.40. The normalized spacial score (nSPS) is 11.4. The fourth-order valence-corrected chi connectivity index (χ4v) is 5.69. The number of nitrogens with one attached hydrogen (secondary N) is 2. The van der Waals surface area contributed by atoms with Crippen LogP contribution in [0.5, 0.6) is 17.2 Å². The van der Waals surface area contributed by atoms with Crippen molar-refractivity contribution in [2.75, 3.05) is 37.7 Å². The van der Waals surface area contributed by atoms with Crippen molar-refractivity contribution in [2.45, 2.75) is 32.1 Å². The highest BCUT2D eigenvalue weighted by atomic mass is 32.2. The number of nitrogens with zero attached hydrogens (tertiary/aromatic N) is 4. The van der Waals surface area contributed by atoms with Gasteiger partial charge in [0, 0.05) is 34.8 Å². The lowest BCUT2D eigenvalue weighted by Gasteiger charge is -2.15. The van der Waals surface area contributed by atoms with Gasteiger partial charge in [-0.15, -0.1) is 5.10 Å². The highest BCUT2D eigenvalue weighted by molar-refractivity contribution is 7.91. The monoisotopic (exact) mass is 602 g/mol. The Morgan fingerprint density at radius 2 is 1.63 bits per heavy atom. The fourth-order valence-electron chi connectivity index (χ4n) is 4.78. The van der Waals surface area contributed by atoms with Crippen molar-refractivity contribution in [1.29, 1.82) is 0 Å². The maximum atomic E-state index is 12.5. The third-order valence-corrected chi connectivity index (χ3v) is 8.83.